The average Bonchev–Trinajstić information content (AvgIpc) is 3.06. The minimum atomic E-state index is -0.543. The van der Waals surface area contributed by atoms with E-state index in [-0.39, 0.29) is 37.7 Å². The van der Waals surface area contributed by atoms with Gasteiger partial charge in [0.15, 0.2) is 0 Å². The predicted octanol–water partition coefficient (Wildman–Crippen LogP) is 1.88. The minimum absolute atomic E-state index is 0.124. The number of methoxy groups -OCH3 is 1. The molecule has 0 aromatic heterocycles. The number of rotatable bonds is 7. The van der Waals surface area contributed by atoms with Crippen molar-refractivity contribution in [3.63, 3.8) is 0 Å². The summed E-state index contributed by atoms with van der Waals surface area (Å²) in [5.74, 6) is -0.576. The van der Waals surface area contributed by atoms with Gasteiger partial charge >= 0.3 is 6.09 Å². The second kappa shape index (κ2) is 9.20. The lowest BCUT2D eigenvalue weighted by molar-refractivity contribution is -0.119. The van der Waals surface area contributed by atoms with Gasteiger partial charge in [0.1, 0.15) is 18.7 Å². The van der Waals surface area contributed by atoms with Crippen LogP contribution in [0, 0.1) is 5.82 Å². The van der Waals surface area contributed by atoms with Crippen molar-refractivity contribution in [3.8, 4) is 0 Å². The van der Waals surface area contributed by atoms with Crippen molar-refractivity contribution in [2.75, 3.05) is 49.9 Å². The number of nitrogens with one attached hydrogen (secondary N) is 1. The molecule has 2 saturated heterocycles. The first-order chi connectivity index (χ1) is 13.5. The van der Waals surface area contributed by atoms with Crippen molar-refractivity contribution in [1.82, 2.24) is 5.32 Å². The zero-order chi connectivity index (χ0) is 20.1. The first-order valence-corrected chi connectivity index (χ1v) is 9.35. The number of carbonyl (C=O) groups excluding carboxylic acids is 2. The molecule has 9 heteroatoms. The highest BCUT2D eigenvalue weighted by molar-refractivity contribution is 5.90. The highest BCUT2D eigenvalue weighted by Gasteiger charge is 2.33. The summed E-state index contributed by atoms with van der Waals surface area (Å²) < 4.78 is 30.4. The number of hydrogen-bond acceptors (Lipinski definition) is 6. The smallest absolute Gasteiger partial charge is 0.414 e. The van der Waals surface area contributed by atoms with Crippen LogP contribution in [0.5, 0.6) is 0 Å². The van der Waals surface area contributed by atoms with Gasteiger partial charge in [-0.3, -0.25) is 9.69 Å². The summed E-state index contributed by atoms with van der Waals surface area (Å²) in [5.41, 5.74) is 0.950. The highest BCUT2D eigenvalue weighted by atomic mass is 19.1. The summed E-state index contributed by atoms with van der Waals surface area (Å²) in [6.45, 7) is 3.54. The van der Waals surface area contributed by atoms with E-state index in [0.29, 0.717) is 24.5 Å². The van der Waals surface area contributed by atoms with E-state index in [4.69, 9.17) is 14.2 Å². The first kappa shape index (κ1) is 20.3. The van der Waals surface area contributed by atoms with E-state index in [0.717, 1.165) is 12.8 Å². The van der Waals surface area contributed by atoms with Crippen LogP contribution in [0.15, 0.2) is 18.2 Å². The number of amides is 2. The Hall–Kier alpha value is -2.39. The van der Waals surface area contributed by atoms with Crippen molar-refractivity contribution < 1.29 is 28.2 Å². The largest absolute Gasteiger partial charge is 0.442 e. The van der Waals surface area contributed by atoms with Gasteiger partial charge in [0.2, 0.25) is 5.91 Å². The van der Waals surface area contributed by atoms with E-state index in [1.165, 1.54) is 17.9 Å². The molecule has 2 aliphatic heterocycles. The molecule has 154 valence electrons. The quantitative estimate of drug-likeness (QED) is 0.710. The monoisotopic (exact) mass is 395 g/mol. The first-order valence-electron chi connectivity index (χ1n) is 9.35. The van der Waals surface area contributed by atoms with Gasteiger partial charge in [-0.05, 0) is 31.0 Å². The molecule has 1 N–H and O–H groups in total. The standard InChI is InChI=1S/C19H26FN3O5/c1-13(24)21-10-16-11-23(19(25)28-16)14-3-4-18(17(20)9-14)22-7-5-15(6-8-22)27-12-26-2/h3-4,9,15-16H,5-8,10-12H2,1-2H3,(H,21,24)/t16-/m0/s1. The molecule has 0 bridgehead atoms. The maximum atomic E-state index is 14.7. The molecular formula is C19H26FN3O5. The molecule has 0 saturated carbocycles. The number of piperidine rings is 1. The van der Waals surface area contributed by atoms with Crippen molar-refractivity contribution in [1.29, 1.82) is 0 Å². The molecule has 3 rings (SSSR count). The Bertz CT molecular complexity index is 709. The molecule has 2 heterocycles. The zero-order valence-corrected chi connectivity index (χ0v) is 16.2. The third kappa shape index (κ3) is 4.90. The Kier molecular flexibility index (Phi) is 6.69. The van der Waals surface area contributed by atoms with Gasteiger partial charge in [-0.2, -0.15) is 0 Å². The van der Waals surface area contributed by atoms with Gasteiger partial charge in [-0.25, -0.2) is 9.18 Å². The molecule has 28 heavy (non-hydrogen) atoms. The van der Waals surface area contributed by atoms with Crippen LogP contribution < -0.4 is 15.1 Å². The number of ether oxygens (including phenoxy) is 3. The number of hydrogen-bond donors (Lipinski definition) is 1. The number of nitrogens with zero attached hydrogens (tertiary/aromatic N) is 2. The van der Waals surface area contributed by atoms with Crippen LogP contribution in [0.3, 0.4) is 0 Å². The summed E-state index contributed by atoms with van der Waals surface area (Å²) in [6, 6.07) is 4.76. The van der Waals surface area contributed by atoms with E-state index >= 15 is 0 Å². The maximum Gasteiger partial charge on any atom is 0.414 e. The Morgan fingerprint density at radius 1 is 1.36 bits per heavy atom. The Morgan fingerprint density at radius 2 is 2.11 bits per heavy atom. The molecule has 2 amide bonds. The topological polar surface area (TPSA) is 80.3 Å². The molecule has 0 unspecified atom stereocenters. The van der Waals surface area contributed by atoms with Gasteiger partial charge in [0, 0.05) is 27.1 Å². The van der Waals surface area contributed by atoms with Gasteiger partial charge < -0.3 is 24.4 Å². The molecule has 0 aliphatic carbocycles. The number of cyclic esters (lactones) is 1. The fourth-order valence-corrected chi connectivity index (χ4v) is 3.44. The molecule has 0 spiro atoms. The summed E-state index contributed by atoms with van der Waals surface area (Å²) in [4.78, 5) is 26.4. The molecular weight excluding hydrogens is 369 g/mol. The molecule has 0 radical (unpaired) electrons. The second-order valence-electron chi connectivity index (χ2n) is 6.95. The number of anilines is 2. The summed E-state index contributed by atoms with van der Waals surface area (Å²) in [7, 11) is 1.59. The molecule has 8 nitrogen and oxygen atoms in total. The molecule has 2 aliphatic rings. The summed E-state index contributed by atoms with van der Waals surface area (Å²) in [6.07, 6.45) is 0.726. The lowest BCUT2D eigenvalue weighted by Crippen LogP contribution is -2.37. The van der Waals surface area contributed by atoms with Crippen LogP contribution in [0.1, 0.15) is 19.8 Å². The molecule has 1 aromatic rings. The van der Waals surface area contributed by atoms with Crippen LogP contribution in [-0.2, 0) is 19.0 Å². The highest BCUT2D eigenvalue weighted by Crippen LogP contribution is 2.29. The third-order valence-corrected chi connectivity index (χ3v) is 4.90. The van der Waals surface area contributed by atoms with Crippen molar-refractivity contribution in [2.24, 2.45) is 0 Å². The Balaban J connectivity index is 1.60. The minimum Gasteiger partial charge on any atom is -0.442 e. The fourth-order valence-electron chi connectivity index (χ4n) is 3.44. The SMILES string of the molecule is COCOC1CCN(c2ccc(N3C[C@H](CNC(C)=O)OC3=O)cc2F)CC1. The molecule has 1 aromatic carbocycles. The molecule has 2 fully saturated rings. The maximum absolute atomic E-state index is 14.7. The van der Waals surface area contributed by atoms with Crippen LogP contribution >= 0.6 is 0 Å². The lowest BCUT2D eigenvalue weighted by atomic mass is 10.1. The normalized spacial score (nSPS) is 20.4. The van der Waals surface area contributed by atoms with E-state index in [1.807, 2.05) is 4.90 Å². The van der Waals surface area contributed by atoms with Crippen molar-refractivity contribution in [3.05, 3.63) is 24.0 Å². The Morgan fingerprint density at radius 3 is 2.75 bits per heavy atom. The fraction of sp³-hybridized carbons (Fsp3) is 0.579. The van der Waals surface area contributed by atoms with Gasteiger partial charge in [0.25, 0.3) is 0 Å². The van der Waals surface area contributed by atoms with E-state index in [9.17, 15) is 14.0 Å². The van der Waals surface area contributed by atoms with Crippen LogP contribution in [0.2, 0.25) is 0 Å². The Labute approximate surface area is 163 Å². The number of carbonyl (C=O) groups is 2. The molecule has 1 atom stereocenters. The number of halogens is 1. The lowest BCUT2D eigenvalue weighted by Gasteiger charge is -2.33. The van der Waals surface area contributed by atoms with E-state index in [1.54, 1.807) is 19.2 Å². The number of benzene rings is 1. The van der Waals surface area contributed by atoms with Gasteiger partial charge in [0.05, 0.1) is 30.6 Å². The van der Waals surface area contributed by atoms with Crippen molar-refractivity contribution in [2.45, 2.75) is 32.0 Å². The van der Waals surface area contributed by atoms with Crippen LogP contribution in [0.25, 0.3) is 0 Å². The summed E-state index contributed by atoms with van der Waals surface area (Å²) in [5, 5.41) is 2.62. The van der Waals surface area contributed by atoms with Crippen molar-refractivity contribution >= 4 is 23.4 Å². The zero-order valence-electron chi connectivity index (χ0n) is 16.2. The van der Waals surface area contributed by atoms with Gasteiger partial charge in [-0.15, -0.1) is 0 Å². The summed E-state index contributed by atoms with van der Waals surface area (Å²) >= 11 is 0. The average molecular weight is 395 g/mol. The third-order valence-electron chi connectivity index (χ3n) is 4.90. The second-order valence-corrected chi connectivity index (χ2v) is 6.95. The van der Waals surface area contributed by atoms with Crippen LogP contribution in [0.4, 0.5) is 20.6 Å². The van der Waals surface area contributed by atoms with E-state index < -0.39 is 12.2 Å². The van der Waals surface area contributed by atoms with Crippen LogP contribution in [-0.4, -0.2) is 64.3 Å². The van der Waals surface area contributed by atoms with Gasteiger partial charge in [-0.1, -0.05) is 0 Å². The van der Waals surface area contributed by atoms with E-state index in [2.05, 4.69) is 5.32 Å². The predicted molar refractivity (Wildman–Crippen MR) is 101 cm³/mol.